The van der Waals surface area contributed by atoms with Gasteiger partial charge in [-0.1, -0.05) is 17.7 Å². The highest BCUT2D eigenvalue weighted by Crippen LogP contribution is 2.29. The van der Waals surface area contributed by atoms with Crippen molar-refractivity contribution in [3.63, 3.8) is 0 Å². The van der Waals surface area contributed by atoms with Crippen LogP contribution in [0.3, 0.4) is 0 Å². The summed E-state index contributed by atoms with van der Waals surface area (Å²) in [6.07, 6.45) is -0.0658. The summed E-state index contributed by atoms with van der Waals surface area (Å²) in [4.78, 5) is 38.5. The minimum atomic E-state index is -0.465. The Morgan fingerprint density at radius 2 is 1.86 bits per heavy atom. The minimum Gasteiger partial charge on any atom is -0.459 e. The van der Waals surface area contributed by atoms with Crippen molar-refractivity contribution in [1.82, 2.24) is 0 Å². The van der Waals surface area contributed by atoms with Crippen LogP contribution in [0.1, 0.15) is 36.2 Å². The molecule has 152 valence electrons. The zero-order valence-corrected chi connectivity index (χ0v) is 17.3. The molecule has 0 spiro atoms. The van der Waals surface area contributed by atoms with Gasteiger partial charge < -0.3 is 15.0 Å². The van der Waals surface area contributed by atoms with E-state index in [1.54, 1.807) is 49.1 Å². The van der Waals surface area contributed by atoms with Crippen LogP contribution in [0.2, 0.25) is 5.02 Å². The third kappa shape index (κ3) is 4.95. The summed E-state index contributed by atoms with van der Waals surface area (Å²) in [5.74, 6) is -1.23. The van der Waals surface area contributed by atoms with E-state index in [0.29, 0.717) is 28.5 Å². The van der Waals surface area contributed by atoms with Gasteiger partial charge in [-0.15, -0.1) is 0 Å². The van der Waals surface area contributed by atoms with Gasteiger partial charge in [0.15, 0.2) is 0 Å². The lowest BCUT2D eigenvalue weighted by atomic mass is 10.1. The van der Waals surface area contributed by atoms with Gasteiger partial charge in [0, 0.05) is 29.4 Å². The molecule has 1 aliphatic heterocycles. The third-order valence-corrected chi connectivity index (χ3v) is 5.10. The van der Waals surface area contributed by atoms with Crippen LogP contribution in [0.15, 0.2) is 42.5 Å². The highest BCUT2D eigenvalue weighted by Gasteiger charge is 2.35. The summed E-state index contributed by atoms with van der Waals surface area (Å²) >= 11 is 6.16. The SMILES string of the molecule is Cc1ccc(N2CC(C(=O)Nc3ccc(C(=O)OC(C)C)cc3)CC2=O)cc1Cl. The fraction of sp³-hybridized carbons (Fsp3) is 0.318. The molecule has 1 saturated heterocycles. The van der Waals surface area contributed by atoms with Gasteiger partial charge in [-0.2, -0.15) is 0 Å². The van der Waals surface area contributed by atoms with Gasteiger partial charge >= 0.3 is 5.97 Å². The second-order valence-electron chi connectivity index (χ2n) is 7.36. The van der Waals surface area contributed by atoms with E-state index >= 15 is 0 Å². The summed E-state index contributed by atoms with van der Waals surface area (Å²) in [6, 6.07) is 11.9. The molecule has 29 heavy (non-hydrogen) atoms. The van der Waals surface area contributed by atoms with Crippen LogP contribution in [0.4, 0.5) is 11.4 Å². The summed E-state index contributed by atoms with van der Waals surface area (Å²) in [7, 11) is 0. The maximum atomic E-state index is 12.6. The van der Waals surface area contributed by atoms with Crippen molar-refractivity contribution in [2.24, 2.45) is 5.92 Å². The van der Waals surface area contributed by atoms with E-state index in [1.807, 2.05) is 19.1 Å². The average molecular weight is 415 g/mol. The average Bonchev–Trinajstić information content (AvgIpc) is 3.06. The van der Waals surface area contributed by atoms with Crippen molar-refractivity contribution in [3.8, 4) is 0 Å². The lowest BCUT2D eigenvalue weighted by molar-refractivity contribution is -0.122. The number of carbonyl (C=O) groups is 3. The predicted molar refractivity (Wildman–Crippen MR) is 112 cm³/mol. The number of esters is 1. The molecule has 1 fully saturated rings. The number of rotatable bonds is 5. The van der Waals surface area contributed by atoms with Crippen LogP contribution in [0.5, 0.6) is 0 Å². The number of aryl methyl sites for hydroxylation is 1. The van der Waals surface area contributed by atoms with Gasteiger partial charge in [0.2, 0.25) is 11.8 Å². The molecule has 2 aromatic carbocycles. The van der Waals surface area contributed by atoms with Crippen molar-refractivity contribution < 1.29 is 19.1 Å². The Morgan fingerprint density at radius 3 is 2.48 bits per heavy atom. The van der Waals surface area contributed by atoms with Crippen LogP contribution in [0, 0.1) is 12.8 Å². The quantitative estimate of drug-likeness (QED) is 0.744. The molecule has 2 aromatic rings. The van der Waals surface area contributed by atoms with E-state index in [-0.39, 0.29) is 24.3 Å². The van der Waals surface area contributed by atoms with Gasteiger partial charge in [-0.05, 0) is 62.7 Å². The molecule has 0 radical (unpaired) electrons. The summed E-state index contributed by atoms with van der Waals surface area (Å²) < 4.78 is 5.14. The first-order valence-electron chi connectivity index (χ1n) is 9.43. The zero-order chi connectivity index (χ0) is 21.1. The Labute approximate surface area is 174 Å². The van der Waals surface area contributed by atoms with Gasteiger partial charge in [-0.25, -0.2) is 4.79 Å². The highest BCUT2D eigenvalue weighted by molar-refractivity contribution is 6.31. The van der Waals surface area contributed by atoms with Crippen LogP contribution >= 0.6 is 11.6 Å². The van der Waals surface area contributed by atoms with Crippen molar-refractivity contribution >= 4 is 40.8 Å². The molecule has 1 heterocycles. The number of halogens is 1. The lowest BCUT2D eigenvalue weighted by Gasteiger charge is -2.17. The van der Waals surface area contributed by atoms with Crippen LogP contribution in [-0.2, 0) is 14.3 Å². The van der Waals surface area contributed by atoms with Crippen LogP contribution < -0.4 is 10.2 Å². The second kappa shape index (κ2) is 8.66. The van der Waals surface area contributed by atoms with Crippen LogP contribution in [0.25, 0.3) is 0 Å². The number of anilines is 2. The van der Waals surface area contributed by atoms with Gasteiger partial charge in [0.05, 0.1) is 17.6 Å². The fourth-order valence-electron chi connectivity index (χ4n) is 3.10. The van der Waals surface area contributed by atoms with E-state index < -0.39 is 11.9 Å². The molecule has 0 aliphatic carbocycles. The van der Waals surface area contributed by atoms with E-state index in [1.165, 1.54) is 0 Å². The summed E-state index contributed by atoms with van der Waals surface area (Å²) in [5, 5.41) is 3.39. The number of carbonyl (C=O) groups excluding carboxylic acids is 3. The smallest absolute Gasteiger partial charge is 0.338 e. The number of nitrogens with zero attached hydrogens (tertiary/aromatic N) is 1. The van der Waals surface area contributed by atoms with Crippen molar-refractivity contribution in [2.45, 2.75) is 33.3 Å². The summed E-state index contributed by atoms with van der Waals surface area (Å²) in [5.41, 5.74) is 2.58. The maximum absolute atomic E-state index is 12.6. The van der Waals surface area contributed by atoms with Crippen molar-refractivity contribution in [2.75, 3.05) is 16.8 Å². The Bertz CT molecular complexity index is 940. The molecule has 1 N–H and O–H groups in total. The first-order valence-corrected chi connectivity index (χ1v) is 9.81. The lowest BCUT2D eigenvalue weighted by Crippen LogP contribution is -2.28. The fourth-order valence-corrected chi connectivity index (χ4v) is 3.27. The van der Waals surface area contributed by atoms with E-state index in [9.17, 15) is 14.4 Å². The number of benzene rings is 2. The topological polar surface area (TPSA) is 75.7 Å². The van der Waals surface area contributed by atoms with E-state index in [0.717, 1.165) is 5.56 Å². The van der Waals surface area contributed by atoms with Gasteiger partial charge in [0.25, 0.3) is 0 Å². The molecule has 0 bridgehead atoms. The van der Waals surface area contributed by atoms with E-state index in [2.05, 4.69) is 5.32 Å². The molecule has 0 saturated carbocycles. The molecule has 0 aromatic heterocycles. The van der Waals surface area contributed by atoms with Crippen molar-refractivity contribution in [3.05, 3.63) is 58.6 Å². The Kier molecular flexibility index (Phi) is 6.23. The van der Waals surface area contributed by atoms with Crippen molar-refractivity contribution in [1.29, 1.82) is 0 Å². The molecule has 3 rings (SSSR count). The predicted octanol–water partition coefficient (Wildman–Crippen LogP) is 4.21. The molecule has 1 aliphatic rings. The zero-order valence-electron chi connectivity index (χ0n) is 16.6. The minimum absolute atomic E-state index is 0.114. The second-order valence-corrected chi connectivity index (χ2v) is 7.77. The first-order chi connectivity index (χ1) is 13.7. The standard InChI is InChI=1S/C22H23ClN2O4/c1-13(2)29-22(28)15-5-7-17(8-6-15)24-21(27)16-10-20(26)25(12-16)18-9-4-14(3)19(23)11-18/h4-9,11,13,16H,10,12H2,1-3H3,(H,24,27). The molecule has 2 amide bonds. The molecule has 1 atom stereocenters. The molecule has 6 nitrogen and oxygen atoms in total. The van der Waals surface area contributed by atoms with Gasteiger partial charge in [-0.3, -0.25) is 9.59 Å². The Balaban J connectivity index is 1.63. The number of amides is 2. The van der Waals surface area contributed by atoms with Gasteiger partial charge in [0.1, 0.15) is 0 Å². The third-order valence-electron chi connectivity index (χ3n) is 4.69. The number of hydrogen-bond donors (Lipinski definition) is 1. The van der Waals surface area contributed by atoms with E-state index in [4.69, 9.17) is 16.3 Å². The Hall–Kier alpha value is -2.86. The number of hydrogen-bond acceptors (Lipinski definition) is 4. The number of nitrogens with one attached hydrogen (secondary N) is 1. The molecular weight excluding hydrogens is 392 g/mol. The first kappa shape index (κ1) is 20.9. The maximum Gasteiger partial charge on any atom is 0.338 e. The van der Waals surface area contributed by atoms with Crippen LogP contribution in [-0.4, -0.2) is 30.4 Å². The molecular formula is C22H23ClN2O4. The Morgan fingerprint density at radius 1 is 1.17 bits per heavy atom. The summed E-state index contributed by atoms with van der Waals surface area (Å²) in [6.45, 7) is 5.75. The molecule has 7 heteroatoms. The molecule has 1 unspecified atom stereocenters. The monoisotopic (exact) mass is 414 g/mol. The largest absolute Gasteiger partial charge is 0.459 e. The number of ether oxygens (including phenoxy) is 1. The highest BCUT2D eigenvalue weighted by atomic mass is 35.5. The normalized spacial score (nSPS) is 16.2.